The molecule has 0 saturated carbocycles. The minimum Gasteiger partial charge on any atom is -0.378 e. The van der Waals surface area contributed by atoms with Gasteiger partial charge in [-0.3, -0.25) is 0 Å². The number of hydrogen-bond donors (Lipinski definition) is 0. The molecule has 1 heterocycles. The lowest BCUT2D eigenvalue weighted by Crippen LogP contribution is -2.26. The Kier molecular flexibility index (Phi) is 3.68. The molecule has 3 heteroatoms. The number of hydrogen-bond acceptors (Lipinski definition) is 2. The molecular formula is C14H17IO2. The van der Waals surface area contributed by atoms with Crippen molar-refractivity contribution in [2.24, 2.45) is 0 Å². The van der Waals surface area contributed by atoms with Crippen molar-refractivity contribution in [3.63, 3.8) is 0 Å². The van der Waals surface area contributed by atoms with Crippen molar-refractivity contribution in [2.45, 2.75) is 35.4 Å². The molecule has 3 atom stereocenters. The van der Waals surface area contributed by atoms with E-state index in [1.54, 1.807) is 0 Å². The van der Waals surface area contributed by atoms with Gasteiger partial charge >= 0.3 is 0 Å². The Morgan fingerprint density at radius 2 is 2.12 bits per heavy atom. The summed E-state index contributed by atoms with van der Waals surface area (Å²) in [6.45, 7) is 1.59. The van der Waals surface area contributed by atoms with E-state index in [9.17, 15) is 0 Å². The zero-order chi connectivity index (χ0) is 11.7. The summed E-state index contributed by atoms with van der Waals surface area (Å²) >= 11 is 2.44. The SMILES string of the molecule is IC1COCC1OC1CCCc2ccccc21. The monoisotopic (exact) mass is 344 g/mol. The molecule has 92 valence electrons. The Hall–Kier alpha value is -0.130. The van der Waals surface area contributed by atoms with Gasteiger partial charge in [0.15, 0.2) is 0 Å². The number of alkyl halides is 1. The molecule has 1 aliphatic carbocycles. The third-order valence-corrected chi connectivity index (χ3v) is 4.78. The highest BCUT2D eigenvalue weighted by atomic mass is 127. The summed E-state index contributed by atoms with van der Waals surface area (Å²) in [7, 11) is 0. The predicted molar refractivity (Wildman–Crippen MR) is 75.6 cm³/mol. The van der Waals surface area contributed by atoms with E-state index in [-0.39, 0.29) is 12.2 Å². The minimum atomic E-state index is 0.270. The lowest BCUT2D eigenvalue weighted by molar-refractivity contribution is -0.0222. The van der Waals surface area contributed by atoms with E-state index < -0.39 is 0 Å². The molecule has 1 aromatic carbocycles. The van der Waals surface area contributed by atoms with Gasteiger partial charge in [-0.25, -0.2) is 0 Å². The zero-order valence-corrected chi connectivity index (χ0v) is 11.9. The summed E-state index contributed by atoms with van der Waals surface area (Å²) in [6.07, 6.45) is 4.14. The van der Waals surface area contributed by atoms with Gasteiger partial charge in [-0.1, -0.05) is 46.9 Å². The van der Waals surface area contributed by atoms with Crippen LogP contribution in [0.2, 0.25) is 0 Å². The minimum absolute atomic E-state index is 0.270. The maximum absolute atomic E-state index is 6.26. The molecule has 1 fully saturated rings. The molecule has 2 aliphatic rings. The van der Waals surface area contributed by atoms with Crippen LogP contribution < -0.4 is 0 Å². The lowest BCUT2D eigenvalue weighted by atomic mass is 9.89. The van der Waals surface area contributed by atoms with E-state index in [1.165, 1.54) is 24.0 Å². The first-order chi connectivity index (χ1) is 8.34. The fraction of sp³-hybridized carbons (Fsp3) is 0.571. The van der Waals surface area contributed by atoms with E-state index in [1.807, 2.05) is 0 Å². The van der Waals surface area contributed by atoms with Gasteiger partial charge in [0, 0.05) is 0 Å². The van der Waals surface area contributed by atoms with Gasteiger partial charge in [0.1, 0.15) is 0 Å². The highest BCUT2D eigenvalue weighted by Gasteiger charge is 2.31. The average Bonchev–Trinajstić information content (AvgIpc) is 2.76. The highest BCUT2D eigenvalue weighted by Crippen LogP contribution is 2.35. The summed E-state index contributed by atoms with van der Waals surface area (Å²) in [5.74, 6) is 0. The maximum atomic E-state index is 6.26. The molecular weight excluding hydrogens is 327 g/mol. The summed E-state index contributed by atoms with van der Waals surface area (Å²) in [5, 5.41) is 0. The Morgan fingerprint density at radius 3 is 2.94 bits per heavy atom. The summed E-state index contributed by atoms with van der Waals surface area (Å²) in [6, 6.07) is 8.70. The molecule has 17 heavy (non-hydrogen) atoms. The van der Waals surface area contributed by atoms with Crippen LogP contribution in [-0.2, 0) is 15.9 Å². The fourth-order valence-corrected chi connectivity index (χ4v) is 3.33. The molecule has 0 radical (unpaired) electrons. The molecule has 3 rings (SSSR count). The molecule has 2 nitrogen and oxygen atoms in total. The number of ether oxygens (including phenoxy) is 2. The van der Waals surface area contributed by atoms with Gasteiger partial charge in [0.25, 0.3) is 0 Å². The van der Waals surface area contributed by atoms with Crippen molar-refractivity contribution in [1.29, 1.82) is 0 Å². The normalized spacial score (nSPS) is 32.4. The van der Waals surface area contributed by atoms with Crippen molar-refractivity contribution >= 4 is 22.6 Å². The third kappa shape index (κ3) is 2.51. The standard InChI is InChI=1S/C14H17IO2/c15-12-8-16-9-14(12)17-13-7-3-5-10-4-1-2-6-11(10)13/h1-2,4,6,12-14H,3,5,7-9H2. The molecule has 1 aromatic rings. The Balaban J connectivity index is 1.76. The van der Waals surface area contributed by atoms with Crippen molar-refractivity contribution in [3.05, 3.63) is 35.4 Å². The topological polar surface area (TPSA) is 18.5 Å². The summed E-state index contributed by atoms with van der Waals surface area (Å²) in [4.78, 5) is 0. The number of benzene rings is 1. The molecule has 1 aliphatic heterocycles. The van der Waals surface area contributed by atoms with Crippen molar-refractivity contribution in [1.82, 2.24) is 0 Å². The molecule has 0 amide bonds. The predicted octanol–water partition coefficient (Wildman–Crippen LogP) is 3.28. The lowest BCUT2D eigenvalue weighted by Gasteiger charge is -2.28. The molecule has 0 N–H and O–H groups in total. The first kappa shape index (κ1) is 11.9. The van der Waals surface area contributed by atoms with Crippen LogP contribution in [-0.4, -0.2) is 23.2 Å². The van der Waals surface area contributed by atoms with Gasteiger partial charge < -0.3 is 9.47 Å². The number of halogens is 1. The Morgan fingerprint density at radius 1 is 1.24 bits per heavy atom. The van der Waals surface area contributed by atoms with Crippen molar-refractivity contribution < 1.29 is 9.47 Å². The van der Waals surface area contributed by atoms with Crippen molar-refractivity contribution in [3.8, 4) is 0 Å². The molecule has 0 aromatic heterocycles. The zero-order valence-electron chi connectivity index (χ0n) is 9.77. The second-order valence-electron chi connectivity index (χ2n) is 4.81. The highest BCUT2D eigenvalue weighted by molar-refractivity contribution is 14.1. The summed E-state index contributed by atoms with van der Waals surface area (Å²) in [5.41, 5.74) is 2.86. The number of aryl methyl sites for hydroxylation is 1. The van der Waals surface area contributed by atoms with E-state index in [0.717, 1.165) is 19.6 Å². The van der Waals surface area contributed by atoms with Gasteiger partial charge in [-0.05, 0) is 30.4 Å². The molecule has 3 unspecified atom stereocenters. The Bertz CT molecular complexity index is 394. The van der Waals surface area contributed by atoms with E-state index >= 15 is 0 Å². The maximum Gasteiger partial charge on any atom is 0.0956 e. The molecule has 0 spiro atoms. The van der Waals surface area contributed by atoms with Crippen LogP contribution in [0.4, 0.5) is 0 Å². The second-order valence-corrected chi connectivity index (χ2v) is 6.41. The smallest absolute Gasteiger partial charge is 0.0956 e. The van der Waals surface area contributed by atoms with Crippen LogP contribution >= 0.6 is 22.6 Å². The van der Waals surface area contributed by atoms with Gasteiger partial charge in [0.05, 0.1) is 29.3 Å². The van der Waals surface area contributed by atoms with Crippen LogP contribution in [0.25, 0.3) is 0 Å². The van der Waals surface area contributed by atoms with E-state index in [4.69, 9.17) is 9.47 Å². The van der Waals surface area contributed by atoms with Crippen LogP contribution in [0.15, 0.2) is 24.3 Å². The van der Waals surface area contributed by atoms with Crippen molar-refractivity contribution in [2.75, 3.05) is 13.2 Å². The van der Waals surface area contributed by atoms with Gasteiger partial charge in [0.2, 0.25) is 0 Å². The third-order valence-electron chi connectivity index (χ3n) is 3.62. The van der Waals surface area contributed by atoms with Crippen LogP contribution in [0.3, 0.4) is 0 Å². The second kappa shape index (κ2) is 5.24. The fourth-order valence-electron chi connectivity index (χ4n) is 2.69. The first-order valence-corrected chi connectivity index (χ1v) is 7.54. The quantitative estimate of drug-likeness (QED) is 0.606. The van der Waals surface area contributed by atoms with E-state index in [0.29, 0.717) is 3.92 Å². The average molecular weight is 344 g/mol. The molecule has 1 saturated heterocycles. The summed E-state index contributed by atoms with van der Waals surface area (Å²) < 4.78 is 12.2. The van der Waals surface area contributed by atoms with Crippen LogP contribution in [0.1, 0.15) is 30.1 Å². The largest absolute Gasteiger partial charge is 0.378 e. The van der Waals surface area contributed by atoms with E-state index in [2.05, 4.69) is 46.9 Å². The molecule has 0 bridgehead atoms. The Labute approximate surface area is 116 Å². The van der Waals surface area contributed by atoms with Gasteiger partial charge in [-0.15, -0.1) is 0 Å². The number of fused-ring (bicyclic) bond motifs is 1. The first-order valence-electron chi connectivity index (χ1n) is 6.29. The van der Waals surface area contributed by atoms with Crippen LogP contribution in [0.5, 0.6) is 0 Å². The number of rotatable bonds is 2. The van der Waals surface area contributed by atoms with Crippen LogP contribution in [0, 0.1) is 0 Å². The van der Waals surface area contributed by atoms with Gasteiger partial charge in [-0.2, -0.15) is 0 Å².